The molecule has 23 heavy (non-hydrogen) atoms. The highest BCUT2D eigenvalue weighted by Gasteiger charge is 2.15. The highest BCUT2D eigenvalue weighted by molar-refractivity contribution is 5.30. The topological polar surface area (TPSA) is 61.3 Å². The van der Waals surface area contributed by atoms with E-state index >= 15 is 0 Å². The number of rotatable bonds is 9. The molecule has 0 spiro atoms. The number of hydrogen-bond acceptors (Lipinski definition) is 3. The maximum atomic E-state index is 5.84. The van der Waals surface area contributed by atoms with Crippen molar-refractivity contribution < 1.29 is 4.74 Å². The summed E-state index contributed by atoms with van der Waals surface area (Å²) in [6, 6.07) is 18.7. The van der Waals surface area contributed by atoms with E-state index in [1.807, 2.05) is 18.2 Å². The van der Waals surface area contributed by atoms with E-state index in [4.69, 9.17) is 16.2 Å². The van der Waals surface area contributed by atoms with Gasteiger partial charge in [0.1, 0.15) is 12.4 Å². The van der Waals surface area contributed by atoms with Crippen LogP contribution in [0.5, 0.6) is 5.75 Å². The standard InChI is InChI=1S/C20H28N2O/c1-2-18(12-17(13-21)14-22)19-8-10-20(11-9-19)23-15-16-6-4-3-5-7-16/h3-11,17-18H,2,12-15,21-22H2,1H3. The Labute approximate surface area is 139 Å². The lowest BCUT2D eigenvalue weighted by Gasteiger charge is -2.21. The largest absolute Gasteiger partial charge is 0.489 e. The first-order valence-electron chi connectivity index (χ1n) is 8.43. The summed E-state index contributed by atoms with van der Waals surface area (Å²) in [5.41, 5.74) is 14.1. The molecule has 0 fully saturated rings. The Balaban J connectivity index is 1.94. The number of ether oxygens (including phenoxy) is 1. The molecule has 0 bridgehead atoms. The van der Waals surface area contributed by atoms with Crippen LogP contribution in [0.1, 0.15) is 36.8 Å². The molecule has 0 radical (unpaired) electrons. The predicted molar refractivity (Wildman–Crippen MR) is 96.5 cm³/mol. The first-order valence-corrected chi connectivity index (χ1v) is 8.43. The Bertz CT molecular complexity index is 550. The Morgan fingerprint density at radius 2 is 1.57 bits per heavy atom. The van der Waals surface area contributed by atoms with Crippen LogP contribution in [0.2, 0.25) is 0 Å². The average molecular weight is 312 g/mol. The lowest BCUT2D eigenvalue weighted by molar-refractivity contribution is 0.306. The smallest absolute Gasteiger partial charge is 0.119 e. The molecule has 0 aromatic heterocycles. The minimum atomic E-state index is 0.397. The van der Waals surface area contributed by atoms with E-state index < -0.39 is 0 Å². The van der Waals surface area contributed by atoms with Crippen LogP contribution in [0.25, 0.3) is 0 Å². The van der Waals surface area contributed by atoms with Gasteiger partial charge in [-0.15, -0.1) is 0 Å². The Morgan fingerprint density at radius 1 is 0.913 bits per heavy atom. The molecule has 3 nitrogen and oxygen atoms in total. The molecule has 4 N–H and O–H groups in total. The van der Waals surface area contributed by atoms with Crippen molar-refractivity contribution in [1.82, 2.24) is 0 Å². The molecule has 1 atom stereocenters. The molecular weight excluding hydrogens is 284 g/mol. The zero-order chi connectivity index (χ0) is 16.5. The summed E-state index contributed by atoms with van der Waals surface area (Å²) in [5, 5.41) is 0. The molecule has 124 valence electrons. The monoisotopic (exact) mass is 312 g/mol. The van der Waals surface area contributed by atoms with Gasteiger partial charge in [-0.2, -0.15) is 0 Å². The van der Waals surface area contributed by atoms with E-state index in [2.05, 4.69) is 43.3 Å². The lowest BCUT2D eigenvalue weighted by Crippen LogP contribution is -2.25. The maximum absolute atomic E-state index is 5.84. The van der Waals surface area contributed by atoms with Gasteiger partial charge in [-0.1, -0.05) is 49.4 Å². The summed E-state index contributed by atoms with van der Waals surface area (Å²) < 4.78 is 5.84. The first-order chi connectivity index (χ1) is 11.3. The molecule has 0 saturated carbocycles. The molecule has 0 heterocycles. The molecule has 0 aliphatic carbocycles. The van der Waals surface area contributed by atoms with Crippen molar-refractivity contribution >= 4 is 0 Å². The summed E-state index contributed by atoms with van der Waals surface area (Å²) in [5.74, 6) is 1.81. The van der Waals surface area contributed by atoms with E-state index in [9.17, 15) is 0 Å². The summed E-state index contributed by atoms with van der Waals surface area (Å²) in [7, 11) is 0. The van der Waals surface area contributed by atoms with Gasteiger partial charge < -0.3 is 16.2 Å². The molecule has 0 amide bonds. The molecule has 2 aromatic rings. The number of benzene rings is 2. The predicted octanol–water partition coefficient (Wildman–Crippen LogP) is 3.68. The van der Waals surface area contributed by atoms with Crippen LogP contribution in [0.4, 0.5) is 0 Å². The molecule has 0 saturated heterocycles. The van der Waals surface area contributed by atoms with E-state index in [-0.39, 0.29) is 0 Å². The van der Waals surface area contributed by atoms with Crippen LogP contribution >= 0.6 is 0 Å². The fourth-order valence-electron chi connectivity index (χ4n) is 2.81. The second-order valence-corrected chi connectivity index (χ2v) is 6.02. The second kappa shape index (κ2) is 9.33. The third kappa shape index (κ3) is 5.38. The average Bonchev–Trinajstić information content (AvgIpc) is 2.63. The van der Waals surface area contributed by atoms with Gasteiger partial charge >= 0.3 is 0 Å². The number of nitrogens with two attached hydrogens (primary N) is 2. The molecule has 0 aliphatic rings. The van der Waals surface area contributed by atoms with Crippen LogP contribution in [-0.4, -0.2) is 13.1 Å². The van der Waals surface area contributed by atoms with Gasteiger partial charge in [0.25, 0.3) is 0 Å². The van der Waals surface area contributed by atoms with Gasteiger partial charge in [0, 0.05) is 0 Å². The minimum absolute atomic E-state index is 0.397. The van der Waals surface area contributed by atoms with Crippen molar-refractivity contribution in [2.45, 2.75) is 32.3 Å². The zero-order valence-electron chi connectivity index (χ0n) is 13.9. The first kappa shape index (κ1) is 17.5. The fraction of sp³-hybridized carbons (Fsp3) is 0.400. The molecular formula is C20H28N2O. The molecule has 0 aliphatic heterocycles. The minimum Gasteiger partial charge on any atom is -0.489 e. The van der Waals surface area contributed by atoms with E-state index in [1.54, 1.807) is 0 Å². The summed E-state index contributed by atoms with van der Waals surface area (Å²) in [6.45, 7) is 4.13. The quantitative estimate of drug-likeness (QED) is 0.742. The Morgan fingerprint density at radius 3 is 2.13 bits per heavy atom. The van der Waals surface area contributed by atoms with Crippen LogP contribution in [0, 0.1) is 5.92 Å². The van der Waals surface area contributed by atoms with E-state index in [1.165, 1.54) is 11.1 Å². The molecule has 2 rings (SSSR count). The van der Waals surface area contributed by atoms with Crippen molar-refractivity contribution in [2.24, 2.45) is 17.4 Å². The van der Waals surface area contributed by atoms with E-state index in [0.29, 0.717) is 31.5 Å². The van der Waals surface area contributed by atoms with Crippen molar-refractivity contribution in [1.29, 1.82) is 0 Å². The van der Waals surface area contributed by atoms with Gasteiger partial charge in [-0.05, 0) is 61.0 Å². The Hall–Kier alpha value is -1.84. The van der Waals surface area contributed by atoms with Crippen molar-refractivity contribution in [2.75, 3.05) is 13.1 Å². The highest BCUT2D eigenvalue weighted by Crippen LogP contribution is 2.28. The lowest BCUT2D eigenvalue weighted by atomic mass is 9.87. The van der Waals surface area contributed by atoms with E-state index in [0.717, 1.165) is 18.6 Å². The highest BCUT2D eigenvalue weighted by atomic mass is 16.5. The van der Waals surface area contributed by atoms with Gasteiger partial charge in [0.05, 0.1) is 0 Å². The van der Waals surface area contributed by atoms with Crippen LogP contribution < -0.4 is 16.2 Å². The Kier molecular flexibility index (Phi) is 7.11. The summed E-state index contributed by atoms with van der Waals surface area (Å²) in [6.07, 6.45) is 2.15. The van der Waals surface area contributed by atoms with Gasteiger partial charge in [-0.3, -0.25) is 0 Å². The summed E-state index contributed by atoms with van der Waals surface area (Å²) in [4.78, 5) is 0. The fourth-order valence-corrected chi connectivity index (χ4v) is 2.81. The SMILES string of the molecule is CCC(CC(CN)CN)c1ccc(OCc2ccccc2)cc1. The zero-order valence-corrected chi connectivity index (χ0v) is 13.9. The summed E-state index contributed by atoms with van der Waals surface area (Å²) >= 11 is 0. The molecule has 2 aromatic carbocycles. The van der Waals surface area contributed by atoms with Gasteiger partial charge in [-0.25, -0.2) is 0 Å². The third-order valence-electron chi connectivity index (χ3n) is 4.38. The molecule has 1 unspecified atom stereocenters. The van der Waals surface area contributed by atoms with Crippen molar-refractivity contribution in [3.05, 3.63) is 65.7 Å². The van der Waals surface area contributed by atoms with Crippen molar-refractivity contribution in [3.8, 4) is 5.75 Å². The van der Waals surface area contributed by atoms with Crippen LogP contribution in [0.3, 0.4) is 0 Å². The normalized spacial score (nSPS) is 12.3. The van der Waals surface area contributed by atoms with Crippen molar-refractivity contribution in [3.63, 3.8) is 0 Å². The third-order valence-corrected chi connectivity index (χ3v) is 4.38. The maximum Gasteiger partial charge on any atom is 0.119 e. The van der Waals surface area contributed by atoms with Gasteiger partial charge in [0.15, 0.2) is 0 Å². The van der Waals surface area contributed by atoms with Gasteiger partial charge in [0.2, 0.25) is 0 Å². The second-order valence-electron chi connectivity index (χ2n) is 6.02. The number of hydrogen-bond donors (Lipinski definition) is 2. The van der Waals surface area contributed by atoms with Crippen LogP contribution in [0.15, 0.2) is 54.6 Å². The van der Waals surface area contributed by atoms with Crippen LogP contribution in [-0.2, 0) is 6.61 Å². The molecule has 3 heteroatoms.